The van der Waals surface area contributed by atoms with Crippen molar-refractivity contribution in [2.75, 3.05) is 0 Å². The van der Waals surface area contributed by atoms with E-state index in [0.717, 1.165) is 24.3 Å². The van der Waals surface area contributed by atoms with Gasteiger partial charge in [0.25, 0.3) is 0 Å². The Hall–Kier alpha value is -2.31. The minimum Gasteiger partial charge on any atom is -0.480 e. The van der Waals surface area contributed by atoms with E-state index in [2.05, 4.69) is 0 Å². The summed E-state index contributed by atoms with van der Waals surface area (Å²) in [5.74, 6) is -1.15. The van der Waals surface area contributed by atoms with Crippen molar-refractivity contribution in [3.05, 3.63) is 46.2 Å². The average Bonchev–Trinajstić information content (AvgIpc) is 2.31. The number of hydrogen-bond donors (Lipinski definition) is 1. The van der Waals surface area contributed by atoms with E-state index in [9.17, 15) is 22.8 Å². The molecule has 100 valence electrons. The molecule has 4 nitrogen and oxygen atoms in total. The van der Waals surface area contributed by atoms with Gasteiger partial charge in [0.15, 0.2) is 5.43 Å². The molecule has 1 heterocycles. The monoisotopic (exact) mass is 271 g/mol. The van der Waals surface area contributed by atoms with Gasteiger partial charge in [0.05, 0.1) is 11.1 Å². The van der Waals surface area contributed by atoms with Crippen LogP contribution in [0.25, 0.3) is 10.9 Å². The smallest absolute Gasteiger partial charge is 0.416 e. The Morgan fingerprint density at radius 2 is 1.95 bits per heavy atom. The van der Waals surface area contributed by atoms with Crippen molar-refractivity contribution in [1.82, 2.24) is 4.57 Å². The lowest BCUT2D eigenvalue weighted by molar-refractivity contribution is -0.138. The Kier molecular flexibility index (Phi) is 3.05. The third-order valence-electron chi connectivity index (χ3n) is 2.61. The molecule has 0 spiro atoms. The summed E-state index contributed by atoms with van der Waals surface area (Å²) in [5, 5.41) is 8.55. The number of halogens is 3. The minimum absolute atomic E-state index is 0.154. The second-order valence-electron chi connectivity index (χ2n) is 3.93. The minimum atomic E-state index is -4.55. The number of fused-ring (bicyclic) bond motifs is 1. The molecule has 1 aromatic heterocycles. The number of carboxylic acids is 1. The van der Waals surface area contributed by atoms with Crippen LogP contribution in [0.4, 0.5) is 13.2 Å². The largest absolute Gasteiger partial charge is 0.480 e. The molecule has 0 saturated heterocycles. The lowest BCUT2D eigenvalue weighted by Crippen LogP contribution is -2.14. The van der Waals surface area contributed by atoms with E-state index in [-0.39, 0.29) is 10.9 Å². The Balaban J connectivity index is 2.70. The molecule has 2 aromatic rings. The summed E-state index contributed by atoms with van der Waals surface area (Å²) in [4.78, 5) is 22.2. The molecule has 2 rings (SSSR count). The van der Waals surface area contributed by atoms with Crippen molar-refractivity contribution in [3.63, 3.8) is 0 Å². The zero-order valence-corrected chi connectivity index (χ0v) is 9.44. The molecular weight excluding hydrogens is 263 g/mol. The highest BCUT2D eigenvalue weighted by Crippen LogP contribution is 2.30. The third-order valence-corrected chi connectivity index (χ3v) is 2.61. The molecule has 0 fully saturated rings. The van der Waals surface area contributed by atoms with Crippen molar-refractivity contribution < 1.29 is 23.1 Å². The van der Waals surface area contributed by atoms with E-state index < -0.39 is 29.7 Å². The van der Waals surface area contributed by atoms with Gasteiger partial charge in [-0.05, 0) is 18.2 Å². The Labute approximate surface area is 104 Å². The average molecular weight is 271 g/mol. The van der Waals surface area contributed by atoms with E-state index in [0.29, 0.717) is 0 Å². The van der Waals surface area contributed by atoms with Crippen LogP contribution in [0.3, 0.4) is 0 Å². The number of alkyl halides is 3. The van der Waals surface area contributed by atoms with E-state index in [1.54, 1.807) is 0 Å². The number of hydrogen-bond acceptors (Lipinski definition) is 2. The van der Waals surface area contributed by atoms with Crippen LogP contribution in [-0.4, -0.2) is 15.6 Å². The molecule has 1 N–H and O–H groups in total. The fourth-order valence-electron chi connectivity index (χ4n) is 1.77. The van der Waals surface area contributed by atoms with Crippen molar-refractivity contribution in [2.45, 2.75) is 12.7 Å². The van der Waals surface area contributed by atoms with Gasteiger partial charge >= 0.3 is 12.1 Å². The number of nitrogens with zero attached hydrogens (tertiary/aromatic N) is 1. The second-order valence-corrected chi connectivity index (χ2v) is 3.93. The van der Waals surface area contributed by atoms with E-state index in [4.69, 9.17) is 5.11 Å². The quantitative estimate of drug-likeness (QED) is 0.910. The van der Waals surface area contributed by atoms with Crippen LogP contribution in [0, 0.1) is 0 Å². The number of rotatable bonds is 2. The van der Waals surface area contributed by atoms with Gasteiger partial charge in [-0.2, -0.15) is 13.2 Å². The third kappa shape index (κ3) is 2.59. The first-order valence-electron chi connectivity index (χ1n) is 5.21. The molecule has 0 aliphatic rings. The molecular formula is C12H8F3NO3. The molecule has 19 heavy (non-hydrogen) atoms. The van der Waals surface area contributed by atoms with Crippen molar-refractivity contribution in [1.29, 1.82) is 0 Å². The number of aromatic nitrogens is 1. The Bertz CT molecular complexity index is 703. The molecule has 0 unspecified atom stereocenters. The molecule has 0 aliphatic carbocycles. The van der Waals surface area contributed by atoms with Gasteiger partial charge in [-0.15, -0.1) is 0 Å². The van der Waals surface area contributed by atoms with Gasteiger partial charge in [-0.25, -0.2) is 0 Å². The number of benzene rings is 1. The highest BCUT2D eigenvalue weighted by Gasteiger charge is 2.30. The van der Waals surface area contributed by atoms with Gasteiger partial charge < -0.3 is 9.67 Å². The lowest BCUT2D eigenvalue weighted by atomic mass is 10.1. The van der Waals surface area contributed by atoms with E-state index >= 15 is 0 Å². The van der Waals surface area contributed by atoms with Gasteiger partial charge in [-0.1, -0.05) is 0 Å². The summed E-state index contributed by atoms with van der Waals surface area (Å²) in [6.07, 6.45) is -3.31. The predicted molar refractivity (Wildman–Crippen MR) is 60.8 cm³/mol. The highest BCUT2D eigenvalue weighted by molar-refractivity contribution is 5.81. The number of pyridine rings is 1. The van der Waals surface area contributed by atoms with Crippen LogP contribution in [0.5, 0.6) is 0 Å². The van der Waals surface area contributed by atoms with Gasteiger partial charge in [-0.3, -0.25) is 9.59 Å². The first-order valence-corrected chi connectivity index (χ1v) is 5.21. The normalized spacial score (nSPS) is 11.7. The van der Waals surface area contributed by atoms with Crippen LogP contribution in [0.15, 0.2) is 35.3 Å². The van der Waals surface area contributed by atoms with Crippen LogP contribution < -0.4 is 5.43 Å². The van der Waals surface area contributed by atoms with Gasteiger partial charge in [0.2, 0.25) is 0 Å². The number of carbonyl (C=O) groups is 1. The van der Waals surface area contributed by atoms with E-state index in [1.807, 2.05) is 0 Å². The van der Waals surface area contributed by atoms with Gasteiger partial charge in [0.1, 0.15) is 6.54 Å². The first-order chi connectivity index (χ1) is 8.79. The van der Waals surface area contributed by atoms with Gasteiger partial charge in [0, 0.05) is 17.6 Å². The fraction of sp³-hybridized carbons (Fsp3) is 0.167. The Morgan fingerprint density at radius 1 is 1.26 bits per heavy atom. The number of carboxylic acid groups (broad SMARTS) is 1. The van der Waals surface area contributed by atoms with Crippen molar-refractivity contribution >= 4 is 16.9 Å². The van der Waals surface area contributed by atoms with Crippen LogP contribution >= 0.6 is 0 Å². The zero-order chi connectivity index (χ0) is 14.2. The first kappa shape index (κ1) is 13.1. The summed E-state index contributed by atoms with van der Waals surface area (Å²) >= 11 is 0. The van der Waals surface area contributed by atoms with Crippen LogP contribution in [0.2, 0.25) is 0 Å². The second kappa shape index (κ2) is 4.42. The lowest BCUT2D eigenvalue weighted by Gasteiger charge is -2.11. The number of aliphatic carboxylic acids is 1. The molecule has 1 aromatic carbocycles. The van der Waals surface area contributed by atoms with Crippen LogP contribution in [-0.2, 0) is 17.5 Å². The molecule has 0 saturated carbocycles. The SMILES string of the molecule is O=C(O)Cn1ccc(=O)c2cc(C(F)(F)F)ccc21. The maximum atomic E-state index is 12.6. The summed E-state index contributed by atoms with van der Waals surface area (Å²) in [6, 6.07) is 3.70. The van der Waals surface area contributed by atoms with Crippen molar-refractivity contribution in [3.8, 4) is 0 Å². The predicted octanol–water partition coefficient (Wildman–Crippen LogP) is 2.10. The Morgan fingerprint density at radius 3 is 2.53 bits per heavy atom. The summed E-state index contributed by atoms with van der Waals surface area (Å²) < 4.78 is 38.9. The zero-order valence-electron chi connectivity index (χ0n) is 9.44. The molecule has 0 radical (unpaired) electrons. The van der Waals surface area contributed by atoms with Crippen molar-refractivity contribution in [2.24, 2.45) is 0 Å². The maximum Gasteiger partial charge on any atom is 0.416 e. The molecule has 0 atom stereocenters. The molecule has 0 aliphatic heterocycles. The maximum absolute atomic E-state index is 12.6. The fourth-order valence-corrected chi connectivity index (χ4v) is 1.77. The molecule has 0 amide bonds. The van der Waals surface area contributed by atoms with Crippen LogP contribution in [0.1, 0.15) is 5.56 Å². The van der Waals surface area contributed by atoms with E-state index in [1.165, 1.54) is 10.8 Å². The molecule has 7 heteroatoms. The highest BCUT2D eigenvalue weighted by atomic mass is 19.4. The molecule has 0 bridgehead atoms. The summed E-state index contributed by atoms with van der Waals surface area (Å²) in [7, 11) is 0. The summed E-state index contributed by atoms with van der Waals surface area (Å²) in [6.45, 7) is -0.428. The topological polar surface area (TPSA) is 59.3 Å². The standard InChI is InChI=1S/C12H8F3NO3/c13-12(14,15)7-1-2-9-8(5-7)10(17)3-4-16(9)6-11(18)19/h1-5H,6H2,(H,18,19). The summed E-state index contributed by atoms with van der Waals surface area (Å²) in [5.41, 5.74) is -1.36.